The van der Waals surface area contributed by atoms with Crippen LogP contribution in [-0.2, 0) is 11.2 Å². The molecule has 3 N–H and O–H groups in total. The van der Waals surface area contributed by atoms with Crippen LogP contribution in [0.5, 0.6) is 23.0 Å². The van der Waals surface area contributed by atoms with E-state index in [0.29, 0.717) is 30.0 Å². The lowest BCUT2D eigenvalue weighted by atomic mass is 9.88. The molecule has 2 aromatic carbocycles. The molecule has 4 rings (SSSR count). The highest BCUT2D eigenvalue weighted by Gasteiger charge is 2.27. The third kappa shape index (κ3) is 4.69. The molecular formula is C24H23NO7. The molecule has 0 radical (unpaired) electrons. The second kappa shape index (κ2) is 9.05. The molecule has 2 heterocycles. The van der Waals surface area contributed by atoms with Gasteiger partial charge >= 0.3 is 5.63 Å². The van der Waals surface area contributed by atoms with Crippen molar-refractivity contribution in [3.05, 3.63) is 81.4 Å². The Kier molecular flexibility index (Phi) is 6.02. The molecule has 1 aliphatic heterocycles. The van der Waals surface area contributed by atoms with E-state index in [4.69, 9.17) is 13.9 Å². The van der Waals surface area contributed by atoms with Crippen molar-refractivity contribution in [3.63, 3.8) is 0 Å². The minimum atomic E-state index is -0.741. The Hall–Kier alpha value is -3.94. The van der Waals surface area contributed by atoms with Crippen LogP contribution < -0.4 is 20.4 Å². The maximum absolute atomic E-state index is 12.7. The van der Waals surface area contributed by atoms with Gasteiger partial charge in [-0.05, 0) is 48.7 Å². The van der Waals surface area contributed by atoms with Gasteiger partial charge in [0, 0.05) is 24.9 Å². The fourth-order valence-corrected chi connectivity index (χ4v) is 3.71. The summed E-state index contributed by atoms with van der Waals surface area (Å²) in [4.78, 5) is 25.3. The van der Waals surface area contributed by atoms with Crippen molar-refractivity contribution < 1.29 is 28.9 Å². The summed E-state index contributed by atoms with van der Waals surface area (Å²) in [5.41, 5.74) is 0.909. The lowest BCUT2D eigenvalue weighted by molar-refractivity contribution is -0.121. The summed E-state index contributed by atoms with van der Waals surface area (Å²) in [6.07, 6.45) is 0.509. The summed E-state index contributed by atoms with van der Waals surface area (Å²) in [7, 11) is 0. The molecule has 1 aliphatic rings. The van der Waals surface area contributed by atoms with Crippen LogP contribution in [0.2, 0.25) is 0 Å². The second-order valence-electron chi connectivity index (χ2n) is 7.58. The maximum Gasteiger partial charge on any atom is 0.343 e. The quantitative estimate of drug-likeness (QED) is 0.520. The highest BCUT2D eigenvalue weighted by Crippen LogP contribution is 2.38. The molecule has 1 amide bonds. The highest BCUT2D eigenvalue weighted by molar-refractivity contribution is 5.77. The van der Waals surface area contributed by atoms with E-state index in [1.54, 1.807) is 49.4 Å². The number of fused-ring (bicyclic) bond motifs is 1. The number of amides is 1. The van der Waals surface area contributed by atoms with Crippen molar-refractivity contribution in [3.8, 4) is 23.0 Å². The molecule has 3 aromatic rings. The van der Waals surface area contributed by atoms with Crippen molar-refractivity contribution in [2.45, 2.75) is 25.7 Å². The molecule has 0 bridgehead atoms. The van der Waals surface area contributed by atoms with Crippen LogP contribution in [0.1, 0.15) is 34.8 Å². The number of hydrogen-bond acceptors (Lipinski definition) is 7. The van der Waals surface area contributed by atoms with Crippen molar-refractivity contribution >= 4 is 5.91 Å². The first-order chi connectivity index (χ1) is 15.4. The maximum atomic E-state index is 12.7. The normalized spacial score (nSPS) is 13.0. The van der Waals surface area contributed by atoms with Gasteiger partial charge in [0.25, 0.3) is 0 Å². The number of rotatable bonds is 7. The number of nitrogens with one attached hydrogen (secondary N) is 1. The van der Waals surface area contributed by atoms with E-state index in [-0.39, 0.29) is 41.9 Å². The standard InChI is InChI=1S/C24H23NO7/c1-14-10-19(27)23(24(29)32-14)18(16-4-7-20-21(11-16)31-13-30-20)12-22(28)25-9-8-15-2-5-17(26)6-3-15/h2-7,10-11,18,26-27H,8-9,12-13H2,1H3,(H,25,28). The molecule has 32 heavy (non-hydrogen) atoms. The number of carbonyl (C=O) groups is 1. The molecule has 0 aliphatic carbocycles. The minimum Gasteiger partial charge on any atom is -0.508 e. The Morgan fingerprint density at radius 1 is 1.06 bits per heavy atom. The third-order valence-corrected chi connectivity index (χ3v) is 5.30. The van der Waals surface area contributed by atoms with Crippen LogP contribution in [0.3, 0.4) is 0 Å². The van der Waals surface area contributed by atoms with Crippen LogP contribution in [0.15, 0.2) is 57.7 Å². The third-order valence-electron chi connectivity index (χ3n) is 5.30. The van der Waals surface area contributed by atoms with E-state index in [9.17, 15) is 19.8 Å². The lowest BCUT2D eigenvalue weighted by Crippen LogP contribution is -2.28. The van der Waals surface area contributed by atoms with Gasteiger partial charge in [0.15, 0.2) is 11.5 Å². The first-order valence-corrected chi connectivity index (χ1v) is 10.2. The van der Waals surface area contributed by atoms with E-state index in [2.05, 4.69) is 5.32 Å². The zero-order valence-corrected chi connectivity index (χ0v) is 17.5. The molecule has 1 unspecified atom stereocenters. The molecule has 1 aromatic heterocycles. The molecule has 0 spiro atoms. The molecule has 1 atom stereocenters. The average Bonchev–Trinajstić information content (AvgIpc) is 3.21. The van der Waals surface area contributed by atoms with Crippen LogP contribution in [-0.4, -0.2) is 29.5 Å². The topological polar surface area (TPSA) is 118 Å². The fraction of sp³-hybridized carbons (Fsp3) is 0.250. The Balaban J connectivity index is 1.55. The predicted molar refractivity (Wildman–Crippen MR) is 115 cm³/mol. The van der Waals surface area contributed by atoms with Gasteiger partial charge in [0.05, 0.1) is 5.56 Å². The van der Waals surface area contributed by atoms with Crippen LogP contribution in [0, 0.1) is 6.92 Å². The number of benzene rings is 2. The summed E-state index contributed by atoms with van der Waals surface area (Å²) >= 11 is 0. The molecule has 0 saturated heterocycles. The number of hydrogen-bond donors (Lipinski definition) is 3. The van der Waals surface area contributed by atoms with Gasteiger partial charge in [-0.2, -0.15) is 0 Å². The second-order valence-corrected chi connectivity index (χ2v) is 7.58. The van der Waals surface area contributed by atoms with Gasteiger partial charge in [0.2, 0.25) is 12.7 Å². The number of aryl methyl sites for hydroxylation is 1. The minimum absolute atomic E-state index is 0.0168. The van der Waals surface area contributed by atoms with Crippen LogP contribution >= 0.6 is 0 Å². The van der Waals surface area contributed by atoms with Crippen molar-refractivity contribution in [2.24, 2.45) is 0 Å². The Morgan fingerprint density at radius 2 is 1.81 bits per heavy atom. The monoisotopic (exact) mass is 437 g/mol. The zero-order valence-electron chi connectivity index (χ0n) is 17.5. The Labute approximate surface area is 184 Å². The smallest absolute Gasteiger partial charge is 0.343 e. The fourth-order valence-electron chi connectivity index (χ4n) is 3.71. The first kappa shape index (κ1) is 21.3. The summed E-state index contributed by atoms with van der Waals surface area (Å²) in [5, 5.41) is 22.7. The lowest BCUT2D eigenvalue weighted by Gasteiger charge is -2.18. The number of phenols is 1. The van der Waals surface area contributed by atoms with Gasteiger partial charge in [0.1, 0.15) is 17.3 Å². The number of phenolic OH excluding ortho intramolecular Hbond substituents is 1. The van der Waals surface area contributed by atoms with Gasteiger partial charge in [-0.15, -0.1) is 0 Å². The molecule has 0 saturated carbocycles. The van der Waals surface area contributed by atoms with Crippen LogP contribution in [0.25, 0.3) is 0 Å². The first-order valence-electron chi connectivity index (χ1n) is 10.2. The summed E-state index contributed by atoms with van der Waals surface area (Å²) < 4.78 is 16.0. The highest BCUT2D eigenvalue weighted by atomic mass is 16.7. The number of aromatic hydroxyl groups is 2. The van der Waals surface area contributed by atoms with Crippen molar-refractivity contribution in [2.75, 3.05) is 13.3 Å². The van der Waals surface area contributed by atoms with Crippen molar-refractivity contribution in [1.29, 1.82) is 0 Å². The summed E-state index contributed by atoms with van der Waals surface area (Å²) in [6, 6.07) is 13.3. The number of ether oxygens (including phenoxy) is 2. The van der Waals surface area contributed by atoms with Gasteiger partial charge < -0.3 is 29.4 Å². The molecule has 166 valence electrons. The molecular weight excluding hydrogens is 414 g/mol. The van der Waals surface area contributed by atoms with Gasteiger partial charge in [-0.1, -0.05) is 18.2 Å². The van der Waals surface area contributed by atoms with E-state index in [1.165, 1.54) is 6.07 Å². The van der Waals surface area contributed by atoms with E-state index >= 15 is 0 Å². The average molecular weight is 437 g/mol. The van der Waals surface area contributed by atoms with E-state index in [0.717, 1.165) is 5.56 Å². The SMILES string of the molecule is Cc1cc(O)c(C(CC(=O)NCCc2ccc(O)cc2)c2ccc3c(c2)OCO3)c(=O)o1. The summed E-state index contributed by atoms with van der Waals surface area (Å²) in [6.45, 7) is 2.04. The predicted octanol–water partition coefficient (Wildman–Crippen LogP) is 2.97. The molecule has 8 heteroatoms. The van der Waals surface area contributed by atoms with E-state index < -0.39 is 11.5 Å². The van der Waals surface area contributed by atoms with Crippen molar-refractivity contribution in [1.82, 2.24) is 5.32 Å². The van der Waals surface area contributed by atoms with E-state index in [1.807, 2.05) is 0 Å². The largest absolute Gasteiger partial charge is 0.508 e. The Morgan fingerprint density at radius 3 is 2.56 bits per heavy atom. The number of carbonyl (C=O) groups excluding carboxylic acids is 1. The summed E-state index contributed by atoms with van der Waals surface area (Å²) in [5.74, 6) is 0.293. The van der Waals surface area contributed by atoms with Gasteiger partial charge in [-0.25, -0.2) is 4.79 Å². The molecule has 8 nitrogen and oxygen atoms in total. The van der Waals surface area contributed by atoms with Gasteiger partial charge in [-0.3, -0.25) is 4.79 Å². The van der Waals surface area contributed by atoms with Crippen LogP contribution in [0.4, 0.5) is 0 Å². The zero-order chi connectivity index (χ0) is 22.7. The molecule has 0 fully saturated rings. The Bertz CT molecular complexity index is 1180.